The van der Waals surface area contributed by atoms with E-state index in [2.05, 4.69) is 6.92 Å². The Hall–Kier alpha value is -2.01. The van der Waals surface area contributed by atoms with E-state index < -0.39 is 0 Å². The van der Waals surface area contributed by atoms with Gasteiger partial charge in [0.15, 0.2) is 11.5 Å². The van der Waals surface area contributed by atoms with Crippen LogP contribution >= 0.6 is 0 Å². The highest BCUT2D eigenvalue weighted by Gasteiger charge is 2.24. The summed E-state index contributed by atoms with van der Waals surface area (Å²) in [5, 5.41) is 0.953. The van der Waals surface area contributed by atoms with E-state index in [-0.39, 0.29) is 12.4 Å². The van der Waals surface area contributed by atoms with Crippen LogP contribution in [0, 0.1) is 0 Å². The van der Waals surface area contributed by atoms with Crippen LogP contribution < -0.4 is 20.0 Å². The van der Waals surface area contributed by atoms with Gasteiger partial charge in [0.05, 0.1) is 12.6 Å². The van der Waals surface area contributed by atoms with Crippen LogP contribution in [-0.2, 0) is 6.54 Å². The molecule has 0 amide bonds. The van der Waals surface area contributed by atoms with Crippen molar-refractivity contribution in [2.24, 2.45) is 0 Å². The monoisotopic (exact) mass is 302 g/mol. The molecule has 0 bridgehead atoms. The maximum atomic E-state index is 11.9. The summed E-state index contributed by atoms with van der Waals surface area (Å²) in [5.41, 5.74) is 1.31. The lowest BCUT2D eigenvalue weighted by atomic mass is 10.0. The minimum atomic E-state index is -0.301. The molecule has 5 nitrogen and oxygen atoms in total. The van der Waals surface area contributed by atoms with E-state index in [4.69, 9.17) is 13.9 Å². The van der Waals surface area contributed by atoms with Gasteiger partial charge in [-0.1, -0.05) is 0 Å². The molecule has 0 spiro atoms. The van der Waals surface area contributed by atoms with Gasteiger partial charge >= 0.3 is 5.63 Å². The first-order chi connectivity index (χ1) is 10.7. The molecule has 4 rings (SSSR count). The molecule has 2 aliphatic rings. The van der Waals surface area contributed by atoms with E-state index in [1.807, 2.05) is 6.07 Å². The summed E-state index contributed by atoms with van der Waals surface area (Å²) in [6, 6.07) is 5.95. The molecule has 2 aliphatic heterocycles. The van der Waals surface area contributed by atoms with Gasteiger partial charge in [0.25, 0.3) is 0 Å². The summed E-state index contributed by atoms with van der Waals surface area (Å²) >= 11 is 0. The molecule has 1 fully saturated rings. The fraction of sp³-hybridized carbons (Fsp3) is 0.471. The first kappa shape index (κ1) is 13.6. The molecule has 22 heavy (non-hydrogen) atoms. The Kier molecular flexibility index (Phi) is 3.30. The molecule has 2 aromatic rings. The van der Waals surface area contributed by atoms with E-state index in [0.29, 0.717) is 17.4 Å². The van der Waals surface area contributed by atoms with Gasteiger partial charge in [0, 0.05) is 23.1 Å². The predicted octanol–water partition coefficient (Wildman–Crippen LogP) is 1.48. The maximum absolute atomic E-state index is 11.9. The van der Waals surface area contributed by atoms with Crippen molar-refractivity contribution in [3.63, 3.8) is 0 Å². The van der Waals surface area contributed by atoms with Crippen molar-refractivity contribution in [3.8, 4) is 11.5 Å². The first-order valence-electron chi connectivity index (χ1n) is 7.91. The Morgan fingerprint density at radius 2 is 2.00 bits per heavy atom. The molecule has 1 aromatic carbocycles. The average Bonchev–Trinajstić information content (AvgIpc) is 2.95. The summed E-state index contributed by atoms with van der Waals surface area (Å²) in [6.45, 7) is 4.52. The Morgan fingerprint density at radius 3 is 2.82 bits per heavy atom. The fourth-order valence-electron chi connectivity index (χ4n) is 3.52. The second-order valence-electron chi connectivity index (χ2n) is 6.27. The molecule has 1 N–H and O–H groups in total. The van der Waals surface area contributed by atoms with Crippen LogP contribution in [0.1, 0.15) is 31.7 Å². The Bertz CT molecular complexity index is 767. The van der Waals surface area contributed by atoms with Crippen molar-refractivity contribution in [1.82, 2.24) is 0 Å². The largest absolute Gasteiger partial charge is 0.454 e. The number of piperidine rings is 1. The molecule has 1 unspecified atom stereocenters. The third-order valence-electron chi connectivity index (χ3n) is 4.82. The quantitative estimate of drug-likeness (QED) is 0.854. The van der Waals surface area contributed by atoms with Crippen LogP contribution in [-0.4, -0.2) is 19.4 Å². The van der Waals surface area contributed by atoms with Gasteiger partial charge in [-0.2, -0.15) is 0 Å². The SMILES string of the molecule is C[C@H]1CCCC[NH+]1Cc1cc(=O)oc2cc3c(cc12)OCO3. The topological polar surface area (TPSA) is 53.1 Å². The molecule has 3 heterocycles. The number of nitrogens with one attached hydrogen (secondary N) is 1. The van der Waals surface area contributed by atoms with Crippen LogP contribution in [0.2, 0.25) is 0 Å². The van der Waals surface area contributed by atoms with E-state index in [0.717, 1.165) is 29.8 Å². The molecule has 0 saturated carbocycles. The number of likely N-dealkylation sites (tertiary alicyclic amines) is 1. The summed E-state index contributed by atoms with van der Waals surface area (Å²) in [5.74, 6) is 1.37. The summed E-state index contributed by atoms with van der Waals surface area (Å²) in [4.78, 5) is 13.4. The lowest BCUT2D eigenvalue weighted by Crippen LogP contribution is -3.14. The first-order valence-corrected chi connectivity index (χ1v) is 7.91. The summed E-state index contributed by atoms with van der Waals surface area (Å²) in [7, 11) is 0. The molecule has 1 aromatic heterocycles. The van der Waals surface area contributed by atoms with Crippen LogP contribution in [0.4, 0.5) is 0 Å². The van der Waals surface area contributed by atoms with Crippen LogP contribution in [0.25, 0.3) is 11.0 Å². The van der Waals surface area contributed by atoms with Crippen molar-refractivity contribution >= 4 is 11.0 Å². The molecule has 116 valence electrons. The van der Waals surface area contributed by atoms with Gasteiger partial charge in [-0.15, -0.1) is 0 Å². The van der Waals surface area contributed by atoms with E-state index in [1.54, 1.807) is 12.1 Å². The third kappa shape index (κ3) is 2.35. The Morgan fingerprint density at radius 1 is 1.18 bits per heavy atom. The van der Waals surface area contributed by atoms with Crippen molar-refractivity contribution in [1.29, 1.82) is 0 Å². The molecule has 0 aliphatic carbocycles. The summed E-state index contributed by atoms with van der Waals surface area (Å²) < 4.78 is 16.2. The van der Waals surface area contributed by atoms with Crippen molar-refractivity contribution in [2.75, 3.05) is 13.3 Å². The predicted molar refractivity (Wildman–Crippen MR) is 81.5 cm³/mol. The zero-order chi connectivity index (χ0) is 15.1. The number of hydrogen-bond donors (Lipinski definition) is 1. The average molecular weight is 302 g/mol. The lowest BCUT2D eigenvalue weighted by Gasteiger charge is -2.30. The second kappa shape index (κ2) is 5.32. The number of rotatable bonds is 2. The van der Waals surface area contributed by atoms with Crippen molar-refractivity contribution in [3.05, 3.63) is 34.2 Å². The zero-order valence-electron chi connectivity index (χ0n) is 12.7. The van der Waals surface area contributed by atoms with Crippen LogP contribution in [0.15, 0.2) is 27.4 Å². The lowest BCUT2D eigenvalue weighted by molar-refractivity contribution is -0.941. The maximum Gasteiger partial charge on any atom is 0.336 e. The molecular formula is C17H20NO4+. The number of quaternary nitrogens is 1. The number of benzene rings is 1. The van der Waals surface area contributed by atoms with Crippen molar-refractivity contribution < 1.29 is 18.8 Å². The highest BCUT2D eigenvalue weighted by molar-refractivity contribution is 5.84. The second-order valence-corrected chi connectivity index (χ2v) is 6.27. The van der Waals surface area contributed by atoms with Crippen LogP contribution in [0.3, 0.4) is 0 Å². The molecular weight excluding hydrogens is 282 g/mol. The number of ether oxygens (including phenoxy) is 2. The number of fused-ring (bicyclic) bond motifs is 2. The summed E-state index contributed by atoms with van der Waals surface area (Å²) in [6.07, 6.45) is 3.81. The fourth-order valence-corrected chi connectivity index (χ4v) is 3.52. The Balaban J connectivity index is 1.77. The van der Waals surface area contributed by atoms with Gasteiger partial charge in [-0.25, -0.2) is 4.79 Å². The molecule has 0 radical (unpaired) electrons. The van der Waals surface area contributed by atoms with Gasteiger partial charge in [-0.05, 0) is 32.3 Å². The Labute approximate surface area is 128 Å². The smallest absolute Gasteiger partial charge is 0.336 e. The molecule has 2 atom stereocenters. The normalized spacial score (nSPS) is 23.9. The minimum Gasteiger partial charge on any atom is -0.454 e. The van der Waals surface area contributed by atoms with Crippen LogP contribution in [0.5, 0.6) is 11.5 Å². The van der Waals surface area contributed by atoms with Gasteiger partial charge in [0.1, 0.15) is 12.1 Å². The van der Waals surface area contributed by atoms with E-state index >= 15 is 0 Å². The van der Waals surface area contributed by atoms with Gasteiger partial charge in [-0.3, -0.25) is 0 Å². The highest BCUT2D eigenvalue weighted by Crippen LogP contribution is 2.36. The van der Waals surface area contributed by atoms with Crippen molar-refractivity contribution in [2.45, 2.75) is 38.8 Å². The third-order valence-corrected chi connectivity index (χ3v) is 4.82. The molecule has 1 saturated heterocycles. The number of hydrogen-bond acceptors (Lipinski definition) is 4. The minimum absolute atomic E-state index is 0.222. The van der Waals surface area contributed by atoms with Gasteiger partial charge < -0.3 is 18.8 Å². The highest BCUT2D eigenvalue weighted by atomic mass is 16.7. The zero-order valence-corrected chi connectivity index (χ0v) is 12.7. The molecule has 5 heteroatoms. The van der Waals surface area contributed by atoms with Gasteiger partial charge in [0.2, 0.25) is 6.79 Å². The van der Waals surface area contributed by atoms with E-state index in [9.17, 15) is 4.79 Å². The standard InChI is InChI=1S/C17H19NO4/c1-11-4-2-3-5-18(11)9-12-6-17(19)22-14-8-16-15(7-13(12)14)20-10-21-16/h6-8,11H,2-5,9-10H2,1H3/p+1/t11-/m0/s1. The van der Waals surface area contributed by atoms with E-state index in [1.165, 1.54) is 24.2 Å².